The maximum atomic E-state index is 12.1. The topological polar surface area (TPSA) is 42.0 Å². The minimum absolute atomic E-state index is 0.0558. The van der Waals surface area contributed by atoms with Crippen LogP contribution in [-0.2, 0) is 4.79 Å². The van der Waals surface area contributed by atoms with Gasteiger partial charge in [-0.05, 0) is 25.8 Å². The van der Waals surface area contributed by atoms with E-state index in [2.05, 4.69) is 48.4 Å². The van der Waals surface area contributed by atoms with Crippen LogP contribution >= 0.6 is 23.1 Å². The molecule has 0 saturated heterocycles. The van der Waals surface area contributed by atoms with Crippen molar-refractivity contribution in [2.24, 2.45) is 0 Å². The number of rotatable bonds is 6. The molecule has 112 valence electrons. The van der Waals surface area contributed by atoms with Gasteiger partial charge in [-0.15, -0.1) is 11.3 Å². The molecular weight excluding hydrogens is 300 g/mol. The number of aromatic nitrogens is 1. The molecule has 1 aromatic heterocycles. The van der Waals surface area contributed by atoms with E-state index in [0.717, 1.165) is 22.0 Å². The number of nitrogens with one attached hydrogen (secondary N) is 1. The SMILES string of the molecule is CCC(NC(=O)CSc1nc(C)cs1)c1ccc(C)cc1. The van der Waals surface area contributed by atoms with Gasteiger partial charge in [0, 0.05) is 11.1 Å². The lowest BCUT2D eigenvalue weighted by atomic mass is 10.0. The highest BCUT2D eigenvalue weighted by atomic mass is 32.2. The molecule has 1 unspecified atom stereocenters. The lowest BCUT2D eigenvalue weighted by Crippen LogP contribution is -2.29. The molecule has 0 radical (unpaired) electrons. The van der Waals surface area contributed by atoms with Crippen LogP contribution in [0.1, 0.15) is 36.2 Å². The van der Waals surface area contributed by atoms with E-state index in [-0.39, 0.29) is 11.9 Å². The molecule has 3 nitrogen and oxygen atoms in total. The van der Waals surface area contributed by atoms with E-state index in [0.29, 0.717) is 5.75 Å². The van der Waals surface area contributed by atoms with Crippen molar-refractivity contribution in [2.75, 3.05) is 5.75 Å². The lowest BCUT2D eigenvalue weighted by molar-refractivity contribution is -0.119. The molecule has 0 spiro atoms. The fourth-order valence-electron chi connectivity index (χ4n) is 1.98. The van der Waals surface area contributed by atoms with Crippen LogP contribution in [0.2, 0.25) is 0 Å². The van der Waals surface area contributed by atoms with Crippen LogP contribution in [0.15, 0.2) is 34.0 Å². The van der Waals surface area contributed by atoms with Gasteiger partial charge in [0.15, 0.2) is 4.34 Å². The number of nitrogens with zero attached hydrogens (tertiary/aromatic N) is 1. The molecule has 0 aliphatic heterocycles. The smallest absolute Gasteiger partial charge is 0.230 e. The zero-order valence-electron chi connectivity index (χ0n) is 12.6. The highest BCUT2D eigenvalue weighted by molar-refractivity contribution is 8.01. The Morgan fingerprint density at radius 1 is 1.33 bits per heavy atom. The molecule has 1 heterocycles. The van der Waals surface area contributed by atoms with Crippen molar-refractivity contribution in [3.05, 3.63) is 46.5 Å². The quantitative estimate of drug-likeness (QED) is 0.814. The van der Waals surface area contributed by atoms with Crippen LogP contribution in [0.25, 0.3) is 0 Å². The van der Waals surface area contributed by atoms with Crippen molar-refractivity contribution < 1.29 is 4.79 Å². The number of hydrogen-bond acceptors (Lipinski definition) is 4. The van der Waals surface area contributed by atoms with Gasteiger partial charge in [-0.3, -0.25) is 4.79 Å². The monoisotopic (exact) mass is 320 g/mol. The van der Waals surface area contributed by atoms with E-state index < -0.39 is 0 Å². The van der Waals surface area contributed by atoms with E-state index >= 15 is 0 Å². The minimum atomic E-state index is 0.0558. The Morgan fingerprint density at radius 2 is 2.05 bits per heavy atom. The highest BCUT2D eigenvalue weighted by Gasteiger charge is 2.13. The molecule has 1 atom stereocenters. The third-order valence-electron chi connectivity index (χ3n) is 3.15. The van der Waals surface area contributed by atoms with Crippen LogP contribution in [0, 0.1) is 13.8 Å². The van der Waals surface area contributed by atoms with Gasteiger partial charge in [0.05, 0.1) is 11.8 Å². The van der Waals surface area contributed by atoms with Crippen molar-refractivity contribution in [1.29, 1.82) is 0 Å². The summed E-state index contributed by atoms with van der Waals surface area (Å²) in [6.45, 7) is 6.11. The number of amides is 1. The number of thioether (sulfide) groups is 1. The molecule has 21 heavy (non-hydrogen) atoms. The molecule has 0 aliphatic rings. The molecule has 1 N–H and O–H groups in total. The van der Waals surface area contributed by atoms with Crippen LogP contribution in [0.4, 0.5) is 0 Å². The Bertz CT molecular complexity index is 593. The summed E-state index contributed by atoms with van der Waals surface area (Å²) in [6.07, 6.45) is 0.885. The van der Waals surface area contributed by atoms with Crippen molar-refractivity contribution >= 4 is 29.0 Å². The first-order valence-corrected chi connectivity index (χ1v) is 8.86. The van der Waals surface area contributed by atoms with Gasteiger partial charge in [0.2, 0.25) is 5.91 Å². The maximum Gasteiger partial charge on any atom is 0.230 e. The van der Waals surface area contributed by atoms with Crippen LogP contribution in [-0.4, -0.2) is 16.6 Å². The second kappa shape index (κ2) is 7.61. The fraction of sp³-hybridized carbons (Fsp3) is 0.375. The minimum Gasteiger partial charge on any atom is -0.349 e. The molecular formula is C16H20N2OS2. The molecule has 0 aliphatic carbocycles. The first kappa shape index (κ1) is 16.0. The summed E-state index contributed by atoms with van der Waals surface area (Å²) < 4.78 is 0.950. The third-order valence-corrected chi connectivity index (χ3v) is 5.29. The van der Waals surface area contributed by atoms with Crippen LogP contribution in [0.3, 0.4) is 0 Å². The van der Waals surface area contributed by atoms with Gasteiger partial charge >= 0.3 is 0 Å². The first-order valence-electron chi connectivity index (χ1n) is 6.99. The van der Waals surface area contributed by atoms with Gasteiger partial charge in [0.25, 0.3) is 0 Å². The van der Waals surface area contributed by atoms with Crippen molar-refractivity contribution in [3.63, 3.8) is 0 Å². The van der Waals surface area contributed by atoms with Crippen molar-refractivity contribution in [1.82, 2.24) is 10.3 Å². The number of carbonyl (C=O) groups excluding carboxylic acids is 1. The molecule has 2 aromatic rings. The van der Waals surface area contributed by atoms with Gasteiger partial charge in [-0.2, -0.15) is 0 Å². The zero-order valence-corrected chi connectivity index (χ0v) is 14.2. The van der Waals surface area contributed by atoms with Gasteiger partial charge < -0.3 is 5.32 Å². The zero-order chi connectivity index (χ0) is 15.2. The largest absolute Gasteiger partial charge is 0.349 e. The first-order chi connectivity index (χ1) is 10.1. The molecule has 1 aromatic carbocycles. The molecule has 1 amide bonds. The summed E-state index contributed by atoms with van der Waals surface area (Å²) in [5.74, 6) is 0.468. The summed E-state index contributed by atoms with van der Waals surface area (Å²) in [6, 6.07) is 8.41. The summed E-state index contributed by atoms with van der Waals surface area (Å²) in [4.78, 5) is 16.4. The van der Waals surface area contributed by atoms with Crippen LogP contribution < -0.4 is 5.32 Å². The normalized spacial score (nSPS) is 12.1. The van der Waals surface area contributed by atoms with Crippen molar-refractivity contribution in [3.8, 4) is 0 Å². The average Bonchev–Trinajstić information content (AvgIpc) is 2.89. The predicted molar refractivity (Wildman–Crippen MR) is 89.9 cm³/mol. The van der Waals surface area contributed by atoms with Crippen molar-refractivity contribution in [2.45, 2.75) is 37.6 Å². The number of carbonyl (C=O) groups is 1. The number of hydrogen-bond donors (Lipinski definition) is 1. The molecule has 2 rings (SSSR count). The molecule has 0 bridgehead atoms. The second-order valence-electron chi connectivity index (χ2n) is 4.98. The van der Waals surface area contributed by atoms with E-state index in [1.165, 1.54) is 17.3 Å². The Balaban J connectivity index is 1.89. The number of benzene rings is 1. The molecule has 5 heteroatoms. The third kappa shape index (κ3) is 4.86. The fourth-order valence-corrected chi connectivity index (χ4v) is 3.64. The Morgan fingerprint density at radius 3 is 2.62 bits per heavy atom. The summed E-state index contributed by atoms with van der Waals surface area (Å²) in [7, 11) is 0. The summed E-state index contributed by atoms with van der Waals surface area (Å²) >= 11 is 3.08. The summed E-state index contributed by atoms with van der Waals surface area (Å²) in [5.41, 5.74) is 3.40. The number of thiazole rings is 1. The average molecular weight is 320 g/mol. The predicted octanol–water partition coefficient (Wildman–Crippen LogP) is 4.12. The molecule has 0 fully saturated rings. The summed E-state index contributed by atoms with van der Waals surface area (Å²) in [5, 5.41) is 5.10. The van der Waals surface area contributed by atoms with Gasteiger partial charge in [-0.25, -0.2) is 4.98 Å². The Kier molecular flexibility index (Phi) is 5.82. The van der Waals surface area contributed by atoms with Crippen LogP contribution in [0.5, 0.6) is 0 Å². The Hall–Kier alpha value is -1.33. The number of aryl methyl sites for hydroxylation is 2. The van der Waals surface area contributed by atoms with Gasteiger partial charge in [0.1, 0.15) is 0 Å². The van der Waals surface area contributed by atoms with Gasteiger partial charge in [-0.1, -0.05) is 48.5 Å². The van der Waals surface area contributed by atoms with E-state index in [1.807, 2.05) is 12.3 Å². The molecule has 0 saturated carbocycles. The second-order valence-corrected chi connectivity index (χ2v) is 7.06. The van der Waals surface area contributed by atoms with E-state index in [9.17, 15) is 4.79 Å². The Labute approximate surface area is 134 Å². The van der Waals surface area contributed by atoms with E-state index in [1.54, 1.807) is 11.3 Å². The highest BCUT2D eigenvalue weighted by Crippen LogP contribution is 2.23. The maximum absolute atomic E-state index is 12.1. The standard InChI is InChI=1S/C16H20N2OS2/c1-4-14(13-7-5-11(2)6-8-13)18-15(19)10-21-16-17-12(3)9-20-16/h5-9,14H,4,10H2,1-3H3,(H,18,19). The lowest BCUT2D eigenvalue weighted by Gasteiger charge is -2.17. The van der Waals surface area contributed by atoms with E-state index in [4.69, 9.17) is 0 Å².